The second kappa shape index (κ2) is 10.1. The Kier molecular flexibility index (Phi) is 6.70. The van der Waals surface area contributed by atoms with Crippen molar-refractivity contribution in [1.82, 2.24) is 9.88 Å². The van der Waals surface area contributed by atoms with Crippen LogP contribution in [0.2, 0.25) is 0 Å². The predicted octanol–water partition coefficient (Wildman–Crippen LogP) is 3.81. The number of aromatic nitrogens is 1. The topological polar surface area (TPSA) is 84.0 Å². The highest BCUT2D eigenvalue weighted by atomic mass is 32.2. The maximum Gasteiger partial charge on any atom is 0.254 e. The number of ether oxygens (including phenoxy) is 2. The van der Waals surface area contributed by atoms with Crippen molar-refractivity contribution in [2.45, 2.75) is 23.3 Å². The van der Waals surface area contributed by atoms with E-state index in [1.54, 1.807) is 23.2 Å². The highest BCUT2D eigenvalue weighted by Gasteiger charge is 2.24. The standard InChI is InChI=1S/C26H28N4O4S/c1-3-34-22-14-18(26(31)30-10-12-33-13-11-30)8-9-20(22)28-25-15-24-21(16-27-25)29(2)17-19-6-4-5-7-23(19)35(24)32/h4-9,14-16H,3,10-13,17H2,1-2H3,(H,27,28). The monoisotopic (exact) mass is 492 g/mol. The first kappa shape index (κ1) is 23.3. The number of nitrogens with zero attached hydrogens (tertiary/aromatic N) is 3. The summed E-state index contributed by atoms with van der Waals surface area (Å²) < 4.78 is 24.7. The molecular formula is C26H28N4O4S. The Morgan fingerprint density at radius 1 is 1.14 bits per heavy atom. The lowest BCUT2D eigenvalue weighted by Crippen LogP contribution is -2.40. The summed E-state index contributed by atoms with van der Waals surface area (Å²) in [5, 5.41) is 3.30. The zero-order chi connectivity index (χ0) is 24.4. The van der Waals surface area contributed by atoms with Crippen molar-refractivity contribution in [3.05, 3.63) is 65.9 Å². The number of amides is 1. The Balaban J connectivity index is 1.44. The van der Waals surface area contributed by atoms with Crippen molar-refractivity contribution in [3.63, 3.8) is 0 Å². The van der Waals surface area contributed by atoms with Gasteiger partial charge in [-0.05, 0) is 42.8 Å². The molecule has 0 saturated carbocycles. The minimum atomic E-state index is -1.33. The van der Waals surface area contributed by atoms with Gasteiger partial charge in [-0.25, -0.2) is 9.19 Å². The molecule has 1 atom stereocenters. The van der Waals surface area contributed by atoms with Gasteiger partial charge in [-0.15, -0.1) is 0 Å². The molecule has 5 rings (SSSR count). The van der Waals surface area contributed by atoms with E-state index in [0.29, 0.717) is 67.2 Å². The summed E-state index contributed by atoms with van der Waals surface area (Å²) in [5.41, 5.74) is 3.13. The average Bonchev–Trinajstić information content (AvgIpc) is 2.99. The van der Waals surface area contributed by atoms with Crippen LogP contribution in [0.1, 0.15) is 22.8 Å². The first-order chi connectivity index (χ1) is 17.0. The van der Waals surface area contributed by atoms with E-state index >= 15 is 0 Å². The van der Waals surface area contributed by atoms with Crippen molar-refractivity contribution in [2.75, 3.05) is 50.2 Å². The maximum atomic E-state index is 13.5. The molecule has 0 radical (unpaired) electrons. The summed E-state index contributed by atoms with van der Waals surface area (Å²) in [5.74, 6) is 1.08. The lowest BCUT2D eigenvalue weighted by molar-refractivity contribution is 0.0302. The first-order valence-corrected chi connectivity index (χ1v) is 12.8. The summed E-state index contributed by atoms with van der Waals surface area (Å²) in [6.45, 7) is 5.28. The maximum absolute atomic E-state index is 13.5. The highest BCUT2D eigenvalue weighted by Crippen LogP contribution is 2.36. The molecule has 8 nitrogen and oxygen atoms in total. The predicted molar refractivity (Wildman–Crippen MR) is 135 cm³/mol. The number of hydrogen-bond acceptors (Lipinski definition) is 7. The van der Waals surface area contributed by atoms with E-state index in [-0.39, 0.29) is 5.91 Å². The number of rotatable bonds is 5. The fraction of sp³-hybridized carbons (Fsp3) is 0.308. The number of carbonyl (C=O) groups is 1. The number of carbonyl (C=O) groups excluding carboxylic acids is 1. The Bertz CT molecular complexity index is 1280. The summed E-state index contributed by atoms with van der Waals surface area (Å²) in [4.78, 5) is 22.9. The van der Waals surface area contributed by atoms with Crippen molar-refractivity contribution in [1.29, 1.82) is 0 Å². The minimum Gasteiger partial charge on any atom is -0.492 e. The minimum absolute atomic E-state index is 0.0407. The van der Waals surface area contributed by atoms with Crippen LogP contribution in [0.5, 0.6) is 5.75 Å². The lowest BCUT2D eigenvalue weighted by Gasteiger charge is -2.27. The summed E-state index contributed by atoms with van der Waals surface area (Å²) in [6.07, 6.45) is 1.75. The summed E-state index contributed by atoms with van der Waals surface area (Å²) in [6, 6.07) is 15.0. The highest BCUT2D eigenvalue weighted by molar-refractivity contribution is 7.85. The Labute approximate surface area is 207 Å². The number of nitrogens with one attached hydrogen (secondary N) is 1. The number of morpholine rings is 1. The van der Waals surface area contributed by atoms with E-state index in [1.165, 1.54) is 0 Å². The van der Waals surface area contributed by atoms with E-state index in [0.717, 1.165) is 16.1 Å². The average molecular weight is 493 g/mol. The molecule has 1 saturated heterocycles. The number of pyridine rings is 1. The third-order valence-electron chi connectivity index (χ3n) is 6.13. The SMILES string of the molecule is CCOc1cc(C(=O)N2CCOCC2)ccc1Nc1cc2c(cn1)N(C)Cc1ccccc1S2=O. The molecule has 1 fully saturated rings. The molecule has 3 aromatic rings. The van der Waals surface area contributed by atoms with E-state index in [1.807, 2.05) is 50.4 Å². The van der Waals surface area contributed by atoms with Crippen LogP contribution in [-0.2, 0) is 22.1 Å². The second-order valence-corrected chi connectivity index (χ2v) is 9.86. The van der Waals surface area contributed by atoms with Gasteiger partial charge in [0.05, 0.1) is 53.1 Å². The molecule has 1 aromatic heterocycles. The fourth-order valence-corrected chi connectivity index (χ4v) is 5.76. The normalized spacial score (nSPS) is 17.3. The molecule has 2 aliphatic rings. The van der Waals surface area contributed by atoms with Crippen molar-refractivity contribution >= 4 is 33.9 Å². The quantitative estimate of drug-likeness (QED) is 0.580. The molecule has 182 valence electrons. The molecule has 1 N–H and O–H groups in total. The molecule has 35 heavy (non-hydrogen) atoms. The number of anilines is 3. The van der Waals surface area contributed by atoms with Crippen LogP contribution in [0.15, 0.2) is 64.5 Å². The van der Waals surface area contributed by atoms with Crippen LogP contribution >= 0.6 is 0 Å². The largest absolute Gasteiger partial charge is 0.492 e. The third kappa shape index (κ3) is 4.74. The summed E-state index contributed by atoms with van der Waals surface area (Å²) in [7, 11) is 0.645. The number of hydrogen-bond donors (Lipinski definition) is 1. The van der Waals surface area contributed by atoms with Gasteiger partial charge in [0.2, 0.25) is 0 Å². The van der Waals surface area contributed by atoms with Crippen LogP contribution < -0.4 is 15.0 Å². The van der Waals surface area contributed by atoms with Crippen LogP contribution in [-0.4, -0.2) is 60.0 Å². The molecular weight excluding hydrogens is 464 g/mol. The van der Waals surface area contributed by atoms with Crippen molar-refractivity contribution in [2.24, 2.45) is 0 Å². The zero-order valence-corrected chi connectivity index (χ0v) is 20.6. The van der Waals surface area contributed by atoms with Gasteiger partial charge in [-0.3, -0.25) is 4.79 Å². The van der Waals surface area contributed by atoms with Gasteiger partial charge in [0.15, 0.2) is 0 Å². The third-order valence-corrected chi connectivity index (χ3v) is 7.65. The van der Waals surface area contributed by atoms with Crippen LogP contribution in [0.3, 0.4) is 0 Å². The molecule has 1 unspecified atom stereocenters. The van der Waals surface area contributed by atoms with Gasteiger partial charge in [-0.2, -0.15) is 0 Å². The van der Waals surface area contributed by atoms with E-state index in [2.05, 4.69) is 15.2 Å². The molecule has 1 amide bonds. The smallest absolute Gasteiger partial charge is 0.254 e. The molecule has 2 aromatic carbocycles. The van der Waals surface area contributed by atoms with E-state index in [9.17, 15) is 9.00 Å². The summed E-state index contributed by atoms with van der Waals surface area (Å²) >= 11 is 0. The van der Waals surface area contributed by atoms with Gasteiger partial charge < -0.3 is 24.6 Å². The zero-order valence-electron chi connectivity index (χ0n) is 19.8. The Hall–Kier alpha value is -3.43. The molecule has 9 heteroatoms. The van der Waals surface area contributed by atoms with E-state index < -0.39 is 10.8 Å². The van der Waals surface area contributed by atoms with Crippen molar-refractivity contribution < 1.29 is 18.5 Å². The van der Waals surface area contributed by atoms with Gasteiger partial charge in [0.1, 0.15) is 11.6 Å². The Morgan fingerprint density at radius 2 is 1.94 bits per heavy atom. The van der Waals surface area contributed by atoms with Crippen molar-refractivity contribution in [3.8, 4) is 5.75 Å². The van der Waals surface area contributed by atoms with E-state index in [4.69, 9.17) is 9.47 Å². The second-order valence-electron chi connectivity index (χ2n) is 8.44. The van der Waals surface area contributed by atoms with Crippen LogP contribution in [0.4, 0.5) is 17.2 Å². The fourth-order valence-electron chi connectivity index (χ4n) is 4.33. The Morgan fingerprint density at radius 3 is 2.74 bits per heavy atom. The molecule has 3 heterocycles. The van der Waals surface area contributed by atoms with Crippen LogP contribution in [0.25, 0.3) is 0 Å². The van der Waals surface area contributed by atoms with Gasteiger partial charge >= 0.3 is 0 Å². The molecule has 2 aliphatic heterocycles. The van der Waals surface area contributed by atoms with Crippen LogP contribution in [0, 0.1) is 0 Å². The molecule has 0 bridgehead atoms. The van der Waals surface area contributed by atoms with Gasteiger partial charge in [-0.1, -0.05) is 18.2 Å². The molecule has 0 spiro atoms. The number of benzene rings is 2. The first-order valence-electron chi connectivity index (χ1n) is 11.7. The van der Waals surface area contributed by atoms with Gasteiger partial charge in [0.25, 0.3) is 5.91 Å². The molecule has 0 aliphatic carbocycles. The number of fused-ring (bicyclic) bond motifs is 2. The lowest BCUT2D eigenvalue weighted by atomic mass is 10.1. The van der Waals surface area contributed by atoms with Gasteiger partial charge in [0, 0.05) is 37.1 Å².